The first-order valence-electron chi connectivity index (χ1n) is 6.57. The Kier molecular flexibility index (Phi) is 4.78. The quantitative estimate of drug-likeness (QED) is 0.901. The molecule has 0 spiro atoms. The van der Waals surface area contributed by atoms with Gasteiger partial charge in [-0.05, 0) is 17.7 Å². The first-order valence-corrected chi connectivity index (χ1v) is 8.06. The summed E-state index contributed by atoms with van der Waals surface area (Å²) in [6.45, 7) is 7.05. The second-order valence-corrected chi connectivity index (χ2v) is 6.73. The predicted octanol–water partition coefficient (Wildman–Crippen LogP) is 1.75. The van der Waals surface area contributed by atoms with Gasteiger partial charge in [0.1, 0.15) is 0 Å². The largest absolute Gasteiger partial charge is 0.370 e. The lowest BCUT2D eigenvalue weighted by atomic mass is 10.2. The molecule has 2 rings (SSSR count). The van der Waals surface area contributed by atoms with E-state index in [9.17, 15) is 4.21 Å². The minimum Gasteiger partial charge on any atom is -0.370 e. The van der Waals surface area contributed by atoms with E-state index in [2.05, 4.69) is 48.3 Å². The summed E-state index contributed by atoms with van der Waals surface area (Å²) in [7, 11) is -0.599. The van der Waals surface area contributed by atoms with E-state index in [0.717, 1.165) is 31.1 Å². The molecule has 100 valence electrons. The van der Waals surface area contributed by atoms with Crippen LogP contribution in [0.5, 0.6) is 0 Å². The van der Waals surface area contributed by atoms with Gasteiger partial charge in [-0.3, -0.25) is 4.21 Å². The van der Waals surface area contributed by atoms with E-state index in [-0.39, 0.29) is 0 Å². The molecule has 18 heavy (non-hydrogen) atoms. The fourth-order valence-electron chi connectivity index (χ4n) is 2.04. The summed E-state index contributed by atoms with van der Waals surface area (Å²) < 4.78 is 11.3. The lowest BCUT2D eigenvalue weighted by Gasteiger charge is -2.28. The van der Waals surface area contributed by atoms with Gasteiger partial charge in [0, 0.05) is 53.7 Å². The average molecular weight is 266 g/mol. The minimum atomic E-state index is -0.599. The van der Waals surface area contributed by atoms with Crippen molar-refractivity contribution >= 4 is 16.5 Å². The van der Waals surface area contributed by atoms with Gasteiger partial charge in [0.25, 0.3) is 0 Å². The van der Waals surface area contributed by atoms with Crippen molar-refractivity contribution < 1.29 is 4.21 Å². The highest BCUT2D eigenvalue weighted by Crippen LogP contribution is 2.17. The van der Waals surface area contributed by atoms with Crippen molar-refractivity contribution in [3.05, 3.63) is 29.8 Å². The van der Waals surface area contributed by atoms with E-state index in [1.54, 1.807) is 0 Å². The van der Waals surface area contributed by atoms with Crippen molar-refractivity contribution in [2.75, 3.05) is 29.5 Å². The molecule has 0 radical (unpaired) electrons. The normalized spacial score (nSPS) is 17.4. The maximum Gasteiger partial charge on any atom is 0.0411 e. The smallest absolute Gasteiger partial charge is 0.0411 e. The Morgan fingerprint density at radius 3 is 2.39 bits per heavy atom. The van der Waals surface area contributed by atoms with Gasteiger partial charge in [-0.2, -0.15) is 0 Å². The Morgan fingerprint density at radius 1 is 1.22 bits per heavy atom. The van der Waals surface area contributed by atoms with Crippen molar-refractivity contribution in [3.63, 3.8) is 0 Å². The Bertz CT molecular complexity index is 393. The van der Waals surface area contributed by atoms with Crippen LogP contribution in [0.4, 0.5) is 5.69 Å². The van der Waals surface area contributed by atoms with Crippen LogP contribution in [0.15, 0.2) is 24.3 Å². The summed E-state index contributed by atoms with van der Waals surface area (Å²) in [5.74, 6) is 1.60. The van der Waals surface area contributed by atoms with Crippen LogP contribution >= 0.6 is 0 Å². The second kappa shape index (κ2) is 6.34. The van der Waals surface area contributed by atoms with Crippen LogP contribution in [-0.4, -0.2) is 34.8 Å². The van der Waals surface area contributed by atoms with Crippen molar-refractivity contribution in [2.24, 2.45) is 0 Å². The fraction of sp³-hybridized carbons (Fsp3) is 0.571. The van der Waals surface area contributed by atoms with Gasteiger partial charge < -0.3 is 10.2 Å². The predicted molar refractivity (Wildman–Crippen MR) is 78.5 cm³/mol. The van der Waals surface area contributed by atoms with E-state index in [1.165, 1.54) is 11.3 Å². The van der Waals surface area contributed by atoms with Gasteiger partial charge in [0.15, 0.2) is 0 Å². The molecule has 0 unspecified atom stereocenters. The van der Waals surface area contributed by atoms with Gasteiger partial charge in [0.2, 0.25) is 0 Å². The third kappa shape index (κ3) is 3.82. The SMILES string of the molecule is CC(C)NCc1ccc(N2CCS(=O)CC2)cc1. The number of hydrogen-bond acceptors (Lipinski definition) is 3. The zero-order valence-corrected chi connectivity index (χ0v) is 12.0. The summed E-state index contributed by atoms with van der Waals surface area (Å²) in [6, 6.07) is 9.21. The zero-order valence-electron chi connectivity index (χ0n) is 11.2. The van der Waals surface area contributed by atoms with Crippen molar-refractivity contribution in [3.8, 4) is 0 Å². The monoisotopic (exact) mass is 266 g/mol. The van der Waals surface area contributed by atoms with Crippen LogP contribution in [0.25, 0.3) is 0 Å². The number of benzene rings is 1. The van der Waals surface area contributed by atoms with Crippen LogP contribution in [0, 0.1) is 0 Å². The van der Waals surface area contributed by atoms with Gasteiger partial charge in [-0.25, -0.2) is 0 Å². The highest BCUT2D eigenvalue weighted by Gasteiger charge is 2.15. The summed E-state index contributed by atoms with van der Waals surface area (Å²) in [4.78, 5) is 2.32. The molecule has 4 heteroatoms. The molecule has 0 amide bonds. The molecule has 1 aromatic rings. The standard InChI is InChI=1S/C14H22N2OS/c1-12(2)15-11-13-3-5-14(6-4-13)16-7-9-18(17)10-8-16/h3-6,12,15H,7-11H2,1-2H3. The summed E-state index contributed by atoms with van der Waals surface area (Å²) in [5, 5.41) is 3.41. The average Bonchev–Trinajstić information content (AvgIpc) is 2.38. The molecule has 1 aromatic carbocycles. The lowest BCUT2D eigenvalue weighted by Crippen LogP contribution is -2.37. The molecule has 1 aliphatic heterocycles. The Balaban J connectivity index is 1.93. The van der Waals surface area contributed by atoms with E-state index in [0.29, 0.717) is 6.04 Å². The number of anilines is 1. The first kappa shape index (κ1) is 13.6. The van der Waals surface area contributed by atoms with Crippen LogP contribution in [0.3, 0.4) is 0 Å². The first-order chi connectivity index (χ1) is 8.65. The van der Waals surface area contributed by atoms with Crippen LogP contribution in [0.2, 0.25) is 0 Å². The molecule has 0 aromatic heterocycles. The van der Waals surface area contributed by atoms with Crippen LogP contribution in [-0.2, 0) is 17.3 Å². The maximum absolute atomic E-state index is 11.3. The number of hydrogen-bond donors (Lipinski definition) is 1. The molecule has 0 aliphatic carbocycles. The molecular weight excluding hydrogens is 244 g/mol. The summed E-state index contributed by atoms with van der Waals surface area (Å²) in [6.07, 6.45) is 0. The van der Waals surface area contributed by atoms with E-state index < -0.39 is 10.8 Å². The second-order valence-electron chi connectivity index (χ2n) is 5.04. The number of nitrogens with one attached hydrogen (secondary N) is 1. The highest BCUT2D eigenvalue weighted by atomic mass is 32.2. The maximum atomic E-state index is 11.3. The van der Waals surface area contributed by atoms with Crippen molar-refractivity contribution in [1.82, 2.24) is 5.32 Å². The van der Waals surface area contributed by atoms with Crippen molar-refractivity contribution in [2.45, 2.75) is 26.4 Å². The topological polar surface area (TPSA) is 32.3 Å². The molecule has 0 bridgehead atoms. The van der Waals surface area contributed by atoms with E-state index in [4.69, 9.17) is 0 Å². The molecule has 1 N–H and O–H groups in total. The molecule has 1 aliphatic rings. The fourth-order valence-corrected chi connectivity index (χ4v) is 3.09. The highest BCUT2D eigenvalue weighted by molar-refractivity contribution is 7.85. The zero-order chi connectivity index (χ0) is 13.0. The van der Waals surface area contributed by atoms with E-state index in [1.807, 2.05) is 0 Å². The van der Waals surface area contributed by atoms with Gasteiger partial charge in [-0.15, -0.1) is 0 Å². The van der Waals surface area contributed by atoms with Crippen LogP contribution < -0.4 is 10.2 Å². The molecule has 0 atom stereocenters. The Labute approximate surface area is 112 Å². The van der Waals surface area contributed by atoms with Gasteiger partial charge >= 0.3 is 0 Å². The molecular formula is C14H22N2OS. The third-order valence-electron chi connectivity index (χ3n) is 3.19. The third-order valence-corrected chi connectivity index (χ3v) is 4.47. The molecule has 1 fully saturated rings. The molecule has 1 saturated heterocycles. The summed E-state index contributed by atoms with van der Waals surface area (Å²) >= 11 is 0. The van der Waals surface area contributed by atoms with E-state index >= 15 is 0 Å². The summed E-state index contributed by atoms with van der Waals surface area (Å²) in [5.41, 5.74) is 2.56. The minimum absolute atomic E-state index is 0.516. The number of rotatable bonds is 4. The number of nitrogens with zero attached hydrogens (tertiary/aromatic N) is 1. The van der Waals surface area contributed by atoms with Crippen molar-refractivity contribution in [1.29, 1.82) is 0 Å². The van der Waals surface area contributed by atoms with Crippen LogP contribution in [0.1, 0.15) is 19.4 Å². The molecule has 3 nitrogen and oxygen atoms in total. The Morgan fingerprint density at radius 2 is 1.83 bits per heavy atom. The lowest BCUT2D eigenvalue weighted by molar-refractivity contribution is 0.589. The van der Waals surface area contributed by atoms with Gasteiger partial charge in [0.05, 0.1) is 0 Å². The van der Waals surface area contributed by atoms with Gasteiger partial charge in [-0.1, -0.05) is 26.0 Å². The molecule has 0 saturated carbocycles. The molecule has 1 heterocycles. The Hall–Kier alpha value is -0.870.